The van der Waals surface area contributed by atoms with E-state index in [0.29, 0.717) is 23.6 Å². The van der Waals surface area contributed by atoms with E-state index in [1.807, 2.05) is 6.92 Å². The zero-order valence-electron chi connectivity index (χ0n) is 14.0. The zero-order valence-corrected chi connectivity index (χ0v) is 14.8. The van der Waals surface area contributed by atoms with Crippen LogP contribution in [0.2, 0.25) is 0 Å². The number of amides is 1. The van der Waals surface area contributed by atoms with Crippen molar-refractivity contribution >= 4 is 15.7 Å². The van der Waals surface area contributed by atoms with Crippen molar-refractivity contribution in [2.24, 2.45) is 0 Å². The van der Waals surface area contributed by atoms with Crippen LogP contribution >= 0.6 is 0 Å². The first kappa shape index (κ1) is 16.8. The smallest absolute Gasteiger partial charge is 0.257 e. The molecule has 2 aromatic rings. The van der Waals surface area contributed by atoms with Gasteiger partial charge in [0, 0.05) is 24.8 Å². The Morgan fingerprint density at radius 1 is 1.42 bits per heavy atom. The van der Waals surface area contributed by atoms with Gasteiger partial charge in [0.2, 0.25) is 0 Å². The Morgan fingerprint density at radius 3 is 2.75 bits per heavy atom. The van der Waals surface area contributed by atoms with Gasteiger partial charge in [-0.3, -0.25) is 9.48 Å². The van der Waals surface area contributed by atoms with Crippen LogP contribution in [0.4, 0.5) is 0 Å². The van der Waals surface area contributed by atoms with E-state index in [-0.39, 0.29) is 24.0 Å². The summed E-state index contributed by atoms with van der Waals surface area (Å²) in [5.41, 5.74) is 1.23. The number of carbonyl (C=O) groups excluding carboxylic acids is 1. The second kappa shape index (κ2) is 6.08. The second-order valence-electron chi connectivity index (χ2n) is 6.08. The van der Waals surface area contributed by atoms with Crippen molar-refractivity contribution in [3.8, 4) is 0 Å². The molecule has 3 rings (SSSR count). The van der Waals surface area contributed by atoms with E-state index >= 15 is 0 Å². The lowest BCUT2D eigenvalue weighted by molar-refractivity contribution is 0.0695. The summed E-state index contributed by atoms with van der Waals surface area (Å²) in [7, 11) is -3.19. The third-order valence-corrected chi connectivity index (χ3v) is 5.95. The topological polar surface area (TPSA) is 85.4 Å². The molecule has 1 aliphatic rings. The zero-order chi connectivity index (χ0) is 17.5. The molecular formula is C16H21N3O4S. The lowest BCUT2D eigenvalue weighted by atomic mass is 10.1. The fourth-order valence-electron chi connectivity index (χ4n) is 3.05. The molecule has 1 aliphatic heterocycles. The molecule has 1 saturated heterocycles. The summed E-state index contributed by atoms with van der Waals surface area (Å²) in [5.74, 6) is 0.912. The second-order valence-corrected chi connectivity index (χ2v) is 8.31. The molecule has 0 aromatic carbocycles. The third kappa shape index (κ3) is 3.10. The predicted molar refractivity (Wildman–Crippen MR) is 88.5 cm³/mol. The van der Waals surface area contributed by atoms with Crippen LogP contribution in [-0.4, -0.2) is 47.1 Å². The van der Waals surface area contributed by atoms with Gasteiger partial charge in [0.05, 0.1) is 29.3 Å². The summed E-state index contributed by atoms with van der Waals surface area (Å²) in [6, 6.07) is 1.18. The standard InChI is InChI=1S/C16H21N3O4S/c1-4-18-9-13(8-17-18)15-10-24(21,22)6-5-19(15)16(20)14-7-11(2)23-12(14)3/h7-9,15H,4-6,10H2,1-3H3. The number of nitrogens with zero attached hydrogens (tertiary/aromatic N) is 3. The minimum absolute atomic E-state index is 0.0208. The quantitative estimate of drug-likeness (QED) is 0.840. The van der Waals surface area contributed by atoms with Gasteiger partial charge in [-0.25, -0.2) is 8.42 Å². The summed E-state index contributed by atoms with van der Waals surface area (Å²) in [4.78, 5) is 14.6. The number of hydrogen-bond acceptors (Lipinski definition) is 5. The highest BCUT2D eigenvalue weighted by Gasteiger charge is 2.37. The predicted octanol–water partition coefficient (Wildman–Crippen LogP) is 1.72. The maximum atomic E-state index is 12.9. The maximum absolute atomic E-state index is 12.9. The SMILES string of the molecule is CCn1cc(C2CS(=O)(=O)CCN2C(=O)c2cc(C)oc2C)cn1. The van der Waals surface area contributed by atoms with Crippen LogP contribution in [-0.2, 0) is 16.4 Å². The Morgan fingerprint density at radius 2 is 2.17 bits per heavy atom. The average Bonchev–Trinajstić information content (AvgIpc) is 3.12. The van der Waals surface area contributed by atoms with E-state index in [0.717, 1.165) is 5.56 Å². The normalized spacial score (nSPS) is 20.3. The summed E-state index contributed by atoms with van der Waals surface area (Å²) >= 11 is 0. The van der Waals surface area contributed by atoms with Crippen molar-refractivity contribution in [3.63, 3.8) is 0 Å². The fraction of sp³-hybridized carbons (Fsp3) is 0.500. The number of rotatable bonds is 3. The van der Waals surface area contributed by atoms with E-state index in [2.05, 4.69) is 5.10 Å². The third-order valence-electron chi connectivity index (χ3n) is 4.33. The monoisotopic (exact) mass is 351 g/mol. The van der Waals surface area contributed by atoms with Crippen LogP contribution in [0.25, 0.3) is 0 Å². The van der Waals surface area contributed by atoms with E-state index in [4.69, 9.17) is 4.42 Å². The van der Waals surface area contributed by atoms with Crippen molar-refractivity contribution in [2.75, 3.05) is 18.1 Å². The summed E-state index contributed by atoms with van der Waals surface area (Å²) < 4.78 is 31.4. The van der Waals surface area contributed by atoms with Gasteiger partial charge in [-0.15, -0.1) is 0 Å². The molecule has 7 nitrogen and oxygen atoms in total. The van der Waals surface area contributed by atoms with Crippen molar-refractivity contribution in [3.05, 3.63) is 41.1 Å². The van der Waals surface area contributed by atoms with Crippen molar-refractivity contribution in [1.82, 2.24) is 14.7 Å². The Hall–Kier alpha value is -2.09. The molecule has 0 aliphatic carbocycles. The molecule has 1 amide bonds. The van der Waals surface area contributed by atoms with Crippen LogP contribution in [0.5, 0.6) is 0 Å². The number of carbonyl (C=O) groups is 1. The Kier molecular flexibility index (Phi) is 4.25. The van der Waals surface area contributed by atoms with E-state index in [1.165, 1.54) is 0 Å². The van der Waals surface area contributed by atoms with Gasteiger partial charge in [-0.05, 0) is 26.8 Å². The van der Waals surface area contributed by atoms with Crippen LogP contribution < -0.4 is 0 Å². The van der Waals surface area contributed by atoms with E-state index < -0.39 is 15.9 Å². The van der Waals surface area contributed by atoms with Gasteiger partial charge in [0.25, 0.3) is 5.91 Å². The molecule has 2 aromatic heterocycles. The van der Waals surface area contributed by atoms with E-state index in [9.17, 15) is 13.2 Å². The average molecular weight is 351 g/mol. The highest BCUT2D eigenvalue weighted by molar-refractivity contribution is 7.91. The number of aromatic nitrogens is 2. The lowest BCUT2D eigenvalue weighted by Crippen LogP contribution is -2.46. The minimum Gasteiger partial charge on any atom is -0.466 e. The largest absolute Gasteiger partial charge is 0.466 e. The molecule has 1 atom stereocenters. The van der Waals surface area contributed by atoms with Crippen LogP contribution in [0.1, 0.15) is 40.4 Å². The Labute approximate surface area is 141 Å². The number of aryl methyl sites for hydroxylation is 3. The van der Waals surface area contributed by atoms with Crippen molar-refractivity contribution in [2.45, 2.75) is 33.4 Å². The van der Waals surface area contributed by atoms with Gasteiger partial charge < -0.3 is 9.32 Å². The van der Waals surface area contributed by atoms with E-state index in [1.54, 1.807) is 41.9 Å². The highest BCUT2D eigenvalue weighted by atomic mass is 32.2. The van der Waals surface area contributed by atoms with Crippen molar-refractivity contribution in [1.29, 1.82) is 0 Å². The first-order valence-electron chi connectivity index (χ1n) is 7.91. The number of furan rings is 1. The van der Waals surface area contributed by atoms with Gasteiger partial charge >= 0.3 is 0 Å². The molecular weight excluding hydrogens is 330 g/mol. The van der Waals surface area contributed by atoms with Crippen molar-refractivity contribution < 1.29 is 17.6 Å². The summed E-state index contributed by atoms with van der Waals surface area (Å²) in [6.07, 6.45) is 3.45. The van der Waals surface area contributed by atoms with Crippen LogP contribution in [0, 0.1) is 13.8 Å². The fourth-order valence-corrected chi connectivity index (χ4v) is 4.54. The van der Waals surface area contributed by atoms with Crippen LogP contribution in [0.3, 0.4) is 0 Å². The summed E-state index contributed by atoms with van der Waals surface area (Å²) in [6.45, 7) is 6.34. The molecule has 0 radical (unpaired) electrons. The van der Waals surface area contributed by atoms with Gasteiger partial charge in [0.15, 0.2) is 9.84 Å². The molecule has 3 heterocycles. The molecule has 1 unspecified atom stereocenters. The van der Waals surface area contributed by atoms with Crippen LogP contribution in [0.15, 0.2) is 22.9 Å². The highest BCUT2D eigenvalue weighted by Crippen LogP contribution is 2.29. The molecule has 0 N–H and O–H groups in total. The first-order chi connectivity index (χ1) is 11.3. The molecule has 1 fully saturated rings. The minimum atomic E-state index is -3.19. The number of hydrogen-bond donors (Lipinski definition) is 0. The maximum Gasteiger partial charge on any atom is 0.257 e. The Bertz CT molecular complexity index is 866. The summed E-state index contributed by atoms with van der Waals surface area (Å²) in [5, 5.41) is 4.21. The molecule has 8 heteroatoms. The molecule has 0 bridgehead atoms. The Balaban J connectivity index is 1.97. The molecule has 24 heavy (non-hydrogen) atoms. The molecule has 0 saturated carbocycles. The van der Waals surface area contributed by atoms with Gasteiger partial charge in [-0.1, -0.05) is 0 Å². The molecule has 0 spiro atoms. The number of sulfone groups is 1. The lowest BCUT2D eigenvalue weighted by Gasteiger charge is -2.35. The molecule has 130 valence electrons. The first-order valence-corrected chi connectivity index (χ1v) is 9.73. The van der Waals surface area contributed by atoms with Gasteiger partial charge in [0.1, 0.15) is 11.5 Å². The van der Waals surface area contributed by atoms with Gasteiger partial charge in [-0.2, -0.15) is 5.10 Å².